The Hall–Kier alpha value is -1.18. The number of carbonyl (C=O) groups is 2. The Morgan fingerprint density at radius 3 is 2.61 bits per heavy atom. The van der Waals surface area contributed by atoms with Crippen molar-refractivity contribution in [1.29, 1.82) is 0 Å². The summed E-state index contributed by atoms with van der Waals surface area (Å²) in [5.74, 6) is -1.00. The fourth-order valence-corrected chi connectivity index (χ4v) is 1.86. The van der Waals surface area contributed by atoms with Crippen molar-refractivity contribution in [2.75, 3.05) is 6.54 Å². The van der Waals surface area contributed by atoms with Gasteiger partial charge < -0.3 is 16.8 Å². The molecule has 6 nitrogen and oxygen atoms in total. The van der Waals surface area contributed by atoms with Crippen LogP contribution in [-0.2, 0) is 11.2 Å². The zero-order valence-electron chi connectivity index (χ0n) is 10.2. The van der Waals surface area contributed by atoms with Gasteiger partial charge in [0.25, 0.3) is 5.91 Å². The summed E-state index contributed by atoms with van der Waals surface area (Å²) in [7, 11) is 0. The van der Waals surface area contributed by atoms with Crippen molar-refractivity contribution < 1.29 is 9.59 Å². The minimum Gasteiger partial charge on any atom is -0.368 e. The molecule has 1 aromatic heterocycles. The Balaban J connectivity index is 0.00000289. The van der Waals surface area contributed by atoms with Crippen LogP contribution in [0.25, 0.3) is 0 Å². The van der Waals surface area contributed by atoms with Gasteiger partial charge in [-0.3, -0.25) is 9.59 Å². The second-order valence-corrected chi connectivity index (χ2v) is 5.05. The summed E-state index contributed by atoms with van der Waals surface area (Å²) in [5.41, 5.74) is 9.75. The molecule has 0 saturated carbocycles. The van der Waals surface area contributed by atoms with Gasteiger partial charge in [-0.1, -0.05) is 0 Å². The third kappa shape index (κ3) is 4.25. The van der Waals surface area contributed by atoms with Gasteiger partial charge in [0.05, 0.1) is 5.01 Å². The monoisotopic (exact) mass is 292 g/mol. The molecular formula is C10H17ClN4O2S. The van der Waals surface area contributed by atoms with E-state index < -0.39 is 17.4 Å². The topological polar surface area (TPSA) is 111 Å². The van der Waals surface area contributed by atoms with E-state index in [1.807, 2.05) is 0 Å². The number of primary amides is 1. The van der Waals surface area contributed by atoms with E-state index in [9.17, 15) is 9.59 Å². The number of nitrogens with zero attached hydrogens (tertiary/aromatic N) is 1. The number of nitrogens with one attached hydrogen (secondary N) is 1. The summed E-state index contributed by atoms with van der Waals surface area (Å²) < 4.78 is 0. The smallest absolute Gasteiger partial charge is 0.271 e. The molecule has 0 bridgehead atoms. The van der Waals surface area contributed by atoms with Crippen LogP contribution in [0, 0.1) is 0 Å². The van der Waals surface area contributed by atoms with E-state index >= 15 is 0 Å². The van der Waals surface area contributed by atoms with Gasteiger partial charge in [0.15, 0.2) is 0 Å². The molecule has 0 saturated heterocycles. The average Bonchev–Trinajstić information content (AvgIpc) is 2.66. The number of halogens is 1. The van der Waals surface area contributed by atoms with Crippen molar-refractivity contribution in [1.82, 2.24) is 10.3 Å². The summed E-state index contributed by atoms with van der Waals surface area (Å²) >= 11 is 1.37. The van der Waals surface area contributed by atoms with Crippen LogP contribution >= 0.6 is 23.7 Å². The molecule has 0 aliphatic rings. The molecule has 5 N–H and O–H groups in total. The van der Waals surface area contributed by atoms with Gasteiger partial charge in [-0.15, -0.1) is 23.7 Å². The summed E-state index contributed by atoms with van der Waals surface area (Å²) in [4.78, 5) is 27.0. The molecular weight excluding hydrogens is 276 g/mol. The molecule has 102 valence electrons. The van der Waals surface area contributed by atoms with Gasteiger partial charge >= 0.3 is 0 Å². The number of thiazole rings is 1. The Morgan fingerprint density at radius 1 is 1.50 bits per heavy atom. The fraction of sp³-hybridized carbons (Fsp3) is 0.500. The predicted molar refractivity (Wildman–Crippen MR) is 72.9 cm³/mol. The lowest BCUT2D eigenvalue weighted by Crippen LogP contribution is -2.53. The maximum absolute atomic E-state index is 11.8. The molecule has 1 heterocycles. The largest absolute Gasteiger partial charge is 0.368 e. The first-order chi connectivity index (χ1) is 7.86. The molecule has 18 heavy (non-hydrogen) atoms. The summed E-state index contributed by atoms with van der Waals surface area (Å²) in [6.07, 6.45) is 0.636. The van der Waals surface area contributed by atoms with E-state index in [4.69, 9.17) is 11.5 Å². The molecule has 8 heteroatoms. The number of rotatable bonds is 5. The molecule has 0 atom stereocenters. The van der Waals surface area contributed by atoms with Crippen molar-refractivity contribution in [3.8, 4) is 0 Å². The molecule has 0 aromatic carbocycles. The molecule has 0 spiro atoms. The van der Waals surface area contributed by atoms with Crippen LogP contribution in [0.15, 0.2) is 5.38 Å². The van der Waals surface area contributed by atoms with Gasteiger partial charge in [-0.25, -0.2) is 4.98 Å². The lowest BCUT2D eigenvalue weighted by atomic mass is 10.1. The van der Waals surface area contributed by atoms with Crippen LogP contribution in [0.2, 0.25) is 0 Å². The Morgan fingerprint density at radius 2 is 2.11 bits per heavy atom. The quantitative estimate of drug-likeness (QED) is 0.712. The van der Waals surface area contributed by atoms with Crippen LogP contribution in [0.1, 0.15) is 29.3 Å². The second kappa shape index (κ2) is 6.67. The predicted octanol–water partition coefficient (Wildman–Crippen LogP) is 0.0598. The number of hydrogen-bond donors (Lipinski definition) is 3. The first kappa shape index (κ1) is 16.8. The van der Waals surface area contributed by atoms with Crippen LogP contribution in [-0.4, -0.2) is 28.9 Å². The first-order valence-electron chi connectivity index (χ1n) is 5.13. The summed E-state index contributed by atoms with van der Waals surface area (Å²) in [6.45, 7) is 3.57. The highest BCUT2D eigenvalue weighted by Crippen LogP contribution is 2.11. The van der Waals surface area contributed by atoms with E-state index in [1.165, 1.54) is 11.3 Å². The lowest BCUT2D eigenvalue weighted by Gasteiger charge is -2.21. The Bertz CT molecular complexity index is 433. The van der Waals surface area contributed by atoms with E-state index in [2.05, 4.69) is 10.3 Å². The van der Waals surface area contributed by atoms with Crippen molar-refractivity contribution in [2.45, 2.75) is 25.8 Å². The standard InChI is InChI=1S/C10H16N4O2S.ClH/c1-10(2,9(12)16)14-8(15)6-5-17-7(13-6)3-4-11;/h5H,3-4,11H2,1-2H3,(H2,12,16)(H,14,15);1H. The van der Waals surface area contributed by atoms with Crippen LogP contribution in [0.4, 0.5) is 0 Å². The molecule has 0 aliphatic heterocycles. The molecule has 0 radical (unpaired) electrons. The fourth-order valence-electron chi connectivity index (χ4n) is 1.06. The highest BCUT2D eigenvalue weighted by molar-refractivity contribution is 7.09. The number of aromatic nitrogens is 1. The SMILES string of the molecule is CC(C)(NC(=O)c1csc(CCN)n1)C(N)=O.Cl. The number of amides is 2. The van der Waals surface area contributed by atoms with E-state index in [-0.39, 0.29) is 18.1 Å². The number of nitrogens with two attached hydrogens (primary N) is 2. The van der Waals surface area contributed by atoms with Crippen molar-refractivity contribution in [3.05, 3.63) is 16.1 Å². The third-order valence-electron chi connectivity index (χ3n) is 2.18. The van der Waals surface area contributed by atoms with Gasteiger partial charge in [0.2, 0.25) is 5.91 Å². The Labute approximate surface area is 116 Å². The van der Waals surface area contributed by atoms with Gasteiger partial charge in [-0.2, -0.15) is 0 Å². The van der Waals surface area contributed by atoms with Crippen LogP contribution in [0.5, 0.6) is 0 Å². The lowest BCUT2D eigenvalue weighted by molar-refractivity contribution is -0.122. The van der Waals surface area contributed by atoms with Gasteiger partial charge in [0.1, 0.15) is 11.2 Å². The molecule has 0 aliphatic carbocycles. The minimum atomic E-state index is -1.09. The molecule has 2 amide bonds. The third-order valence-corrected chi connectivity index (χ3v) is 3.09. The first-order valence-corrected chi connectivity index (χ1v) is 6.01. The second-order valence-electron chi connectivity index (χ2n) is 4.11. The molecule has 1 aromatic rings. The molecule has 0 fully saturated rings. The zero-order valence-corrected chi connectivity index (χ0v) is 11.9. The summed E-state index contributed by atoms with van der Waals surface area (Å²) in [6, 6.07) is 0. The van der Waals surface area contributed by atoms with E-state index in [0.29, 0.717) is 13.0 Å². The maximum atomic E-state index is 11.8. The zero-order chi connectivity index (χ0) is 13.1. The van der Waals surface area contributed by atoms with Crippen LogP contribution < -0.4 is 16.8 Å². The molecule has 0 unspecified atom stereocenters. The average molecular weight is 293 g/mol. The van der Waals surface area contributed by atoms with Crippen LogP contribution in [0.3, 0.4) is 0 Å². The van der Waals surface area contributed by atoms with Crippen molar-refractivity contribution in [3.63, 3.8) is 0 Å². The van der Waals surface area contributed by atoms with Gasteiger partial charge in [-0.05, 0) is 20.4 Å². The Kier molecular flexibility index (Phi) is 6.23. The highest BCUT2D eigenvalue weighted by atomic mass is 35.5. The number of hydrogen-bond acceptors (Lipinski definition) is 5. The minimum absolute atomic E-state index is 0. The highest BCUT2D eigenvalue weighted by Gasteiger charge is 2.28. The van der Waals surface area contributed by atoms with E-state index in [1.54, 1.807) is 19.2 Å². The normalized spacial score (nSPS) is 10.6. The van der Waals surface area contributed by atoms with E-state index in [0.717, 1.165) is 5.01 Å². The maximum Gasteiger partial charge on any atom is 0.271 e. The van der Waals surface area contributed by atoms with Crippen molar-refractivity contribution in [2.24, 2.45) is 11.5 Å². The molecule has 1 rings (SSSR count). The van der Waals surface area contributed by atoms with Gasteiger partial charge in [0, 0.05) is 11.8 Å². The van der Waals surface area contributed by atoms with Crippen molar-refractivity contribution >= 4 is 35.6 Å². The summed E-state index contributed by atoms with van der Waals surface area (Å²) in [5, 5.41) is 4.96. The number of carbonyl (C=O) groups excluding carboxylic acids is 2.